The van der Waals surface area contributed by atoms with Gasteiger partial charge in [0.05, 0.1) is 22.9 Å². The van der Waals surface area contributed by atoms with Gasteiger partial charge in [0, 0.05) is 31.3 Å². The number of amides is 1. The summed E-state index contributed by atoms with van der Waals surface area (Å²) < 4.78 is 2.14. The Kier molecular flexibility index (Phi) is 5.11. The fourth-order valence-corrected chi connectivity index (χ4v) is 4.41. The van der Waals surface area contributed by atoms with E-state index in [1.165, 1.54) is 32.1 Å². The molecule has 0 unspecified atom stereocenters. The molecule has 1 saturated carbocycles. The summed E-state index contributed by atoms with van der Waals surface area (Å²) in [6.45, 7) is 2.05. The molecule has 0 spiro atoms. The zero-order chi connectivity index (χ0) is 17.9. The van der Waals surface area contributed by atoms with E-state index in [2.05, 4.69) is 27.2 Å². The van der Waals surface area contributed by atoms with E-state index in [-0.39, 0.29) is 6.61 Å². The minimum Gasteiger partial charge on any atom is -0.396 e. The first-order valence-corrected chi connectivity index (χ1v) is 9.87. The number of rotatable bonds is 5. The quantitative estimate of drug-likeness (QED) is 0.806. The zero-order valence-corrected chi connectivity index (χ0v) is 15.2. The first kappa shape index (κ1) is 17.3. The molecule has 140 valence electrons. The minimum atomic E-state index is 0.262. The maximum atomic E-state index is 11.1. The van der Waals surface area contributed by atoms with Crippen LogP contribution in [0.3, 0.4) is 0 Å². The number of aromatic nitrogens is 2. The minimum absolute atomic E-state index is 0.262. The molecule has 1 aromatic heterocycles. The van der Waals surface area contributed by atoms with Gasteiger partial charge >= 0.3 is 0 Å². The van der Waals surface area contributed by atoms with Crippen LogP contribution in [-0.2, 0) is 4.79 Å². The second-order valence-corrected chi connectivity index (χ2v) is 7.70. The zero-order valence-electron chi connectivity index (χ0n) is 15.2. The largest absolute Gasteiger partial charge is 0.396 e. The second kappa shape index (κ2) is 7.66. The van der Waals surface area contributed by atoms with Crippen molar-refractivity contribution in [1.29, 1.82) is 0 Å². The van der Waals surface area contributed by atoms with Crippen molar-refractivity contribution in [1.82, 2.24) is 9.78 Å². The van der Waals surface area contributed by atoms with Crippen molar-refractivity contribution in [3.05, 3.63) is 18.3 Å². The number of nitrogens with one attached hydrogen (secondary N) is 1. The van der Waals surface area contributed by atoms with Crippen molar-refractivity contribution in [3.8, 4) is 0 Å². The van der Waals surface area contributed by atoms with Crippen LogP contribution in [-0.4, -0.2) is 41.0 Å². The Morgan fingerprint density at radius 1 is 1.15 bits per heavy atom. The molecule has 0 bridgehead atoms. The number of hydrogen-bond acceptors (Lipinski definition) is 4. The molecule has 2 heterocycles. The first-order chi connectivity index (χ1) is 12.8. The summed E-state index contributed by atoms with van der Waals surface area (Å²) in [5.41, 5.74) is 2.87. The van der Waals surface area contributed by atoms with Gasteiger partial charge in [-0.3, -0.25) is 9.48 Å². The fraction of sp³-hybridized carbons (Fsp3) is 0.600. The van der Waals surface area contributed by atoms with Gasteiger partial charge in [-0.25, -0.2) is 0 Å². The van der Waals surface area contributed by atoms with Crippen LogP contribution >= 0.6 is 0 Å². The van der Waals surface area contributed by atoms with Gasteiger partial charge in [0.1, 0.15) is 0 Å². The lowest BCUT2D eigenvalue weighted by Gasteiger charge is -2.33. The smallest absolute Gasteiger partial charge is 0.211 e. The topological polar surface area (TPSA) is 70.4 Å². The third kappa shape index (κ3) is 3.43. The molecule has 6 nitrogen and oxygen atoms in total. The maximum absolute atomic E-state index is 11.1. The second-order valence-electron chi connectivity index (χ2n) is 7.70. The van der Waals surface area contributed by atoms with Gasteiger partial charge in [-0.05, 0) is 43.7 Å². The molecule has 0 radical (unpaired) electrons. The molecule has 1 aliphatic heterocycles. The van der Waals surface area contributed by atoms with Crippen LogP contribution in [0.4, 0.5) is 11.4 Å². The molecule has 1 aromatic carbocycles. The number of piperidine rings is 1. The lowest BCUT2D eigenvalue weighted by atomic mass is 9.96. The average Bonchev–Trinajstić information content (AvgIpc) is 3.11. The van der Waals surface area contributed by atoms with Crippen molar-refractivity contribution >= 4 is 28.7 Å². The molecule has 2 N–H and O–H groups in total. The molecule has 1 saturated heterocycles. The molecule has 6 heteroatoms. The molecule has 4 rings (SSSR count). The number of carbonyl (C=O) groups is 1. The highest BCUT2D eigenvalue weighted by atomic mass is 16.3. The Hall–Kier alpha value is -2.08. The molecule has 2 aliphatic rings. The van der Waals surface area contributed by atoms with E-state index in [1.54, 1.807) is 0 Å². The van der Waals surface area contributed by atoms with Crippen LogP contribution < -0.4 is 10.2 Å². The number of carbonyl (C=O) groups excluding carboxylic acids is 1. The molecule has 2 fully saturated rings. The van der Waals surface area contributed by atoms with Crippen molar-refractivity contribution in [3.63, 3.8) is 0 Å². The molecule has 1 amide bonds. The Morgan fingerprint density at radius 2 is 1.92 bits per heavy atom. The van der Waals surface area contributed by atoms with E-state index >= 15 is 0 Å². The summed E-state index contributed by atoms with van der Waals surface area (Å²) in [5, 5.41) is 18.2. The highest BCUT2D eigenvalue weighted by Gasteiger charge is 2.22. The van der Waals surface area contributed by atoms with Crippen molar-refractivity contribution in [2.45, 2.75) is 51.0 Å². The van der Waals surface area contributed by atoms with E-state index in [0.29, 0.717) is 12.0 Å². The monoisotopic (exact) mass is 356 g/mol. The molecular weight excluding hydrogens is 328 g/mol. The molecule has 0 atom stereocenters. The lowest BCUT2D eigenvalue weighted by Crippen LogP contribution is -2.35. The highest BCUT2D eigenvalue weighted by molar-refractivity contribution is 5.93. The van der Waals surface area contributed by atoms with E-state index < -0.39 is 0 Å². The summed E-state index contributed by atoms with van der Waals surface area (Å²) in [4.78, 5) is 13.4. The van der Waals surface area contributed by atoms with Crippen LogP contribution in [0.5, 0.6) is 0 Å². The Labute approximate surface area is 154 Å². The predicted molar refractivity (Wildman–Crippen MR) is 104 cm³/mol. The third-order valence-electron chi connectivity index (χ3n) is 6.02. The standard InChI is InChI=1S/C20H28N4O2/c25-13-15-6-8-23(9-7-15)20-11-18-16(10-19(20)21-14-26)12-24(22-18)17-4-2-1-3-5-17/h10-12,14-15,17,25H,1-9,13H2,(H,21,26). The number of hydrogen-bond donors (Lipinski definition) is 2. The van der Waals surface area contributed by atoms with Gasteiger partial charge in [-0.15, -0.1) is 0 Å². The van der Waals surface area contributed by atoms with Crippen molar-refractivity contribution in [2.75, 3.05) is 29.9 Å². The van der Waals surface area contributed by atoms with Crippen molar-refractivity contribution in [2.24, 2.45) is 5.92 Å². The number of nitrogens with zero attached hydrogens (tertiary/aromatic N) is 3. The van der Waals surface area contributed by atoms with Crippen LogP contribution in [0.2, 0.25) is 0 Å². The van der Waals surface area contributed by atoms with Crippen molar-refractivity contribution < 1.29 is 9.90 Å². The number of fused-ring (bicyclic) bond motifs is 1. The normalized spacial score (nSPS) is 19.8. The number of aliphatic hydroxyl groups excluding tert-OH is 1. The van der Waals surface area contributed by atoms with E-state index in [0.717, 1.165) is 54.6 Å². The van der Waals surface area contributed by atoms with Crippen LogP contribution in [0.15, 0.2) is 18.3 Å². The van der Waals surface area contributed by atoms with Gasteiger partial charge in [0.2, 0.25) is 6.41 Å². The number of aliphatic hydroxyl groups is 1. The predicted octanol–water partition coefficient (Wildman–Crippen LogP) is 3.32. The van der Waals surface area contributed by atoms with Crippen LogP contribution in [0, 0.1) is 5.92 Å². The van der Waals surface area contributed by atoms with E-state index in [9.17, 15) is 9.90 Å². The van der Waals surface area contributed by atoms with Gasteiger partial charge in [0.15, 0.2) is 0 Å². The summed E-state index contributed by atoms with van der Waals surface area (Å²) in [6, 6.07) is 4.66. The third-order valence-corrected chi connectivity index (χ3v) is 6.02. The number of anilines is 2. The van der Waals surface area contributed by atoms with Gasteiger partial charge < -0.3 is 15.3 Å². The Bertz CT molecular complexity index is 759. The van der Waals surface area contributed by atoms with E-state index in [4.69, 9.17) is 5.10 Å². The van der Waals surface area contributed by atoms with Crippen LogP contribution in [0.25, 0.3) is 10.9 Å². The van der Waals surface area contributed by atoms with Gasteiger partial charge in [0.25, 0.3) is 0 Å². The fourth-order valence-electron chi connectivity index (χ4n) is 4.41. The molecule has 1 aliphatic carbocycles. The first-order valence-electron chi connectivity index (χ1n) is 9.87. The SMILES string of the molecule is O=CNc1cc2cn(C3CCCCC3)nc2cc1N1CCC(CO)CC1. The summed E-state index contributed by atoms with van der Waals surface area (Å²) in [7, 11) is 0. The van der Waals surface area contributed by atoms with Gasteiger partial charge in [-0.2, -0.15) is 5.10 Å². The summed E-state index contributed by atoms with van der Waals surface area (Å²) in [6.07, 6.45) is 11.1. The van der Waals surface area contributed by atoms with Crippen LogP contribution in [0.1, 0.15) is 51.0 Å². The molecule has 2 aromatic rings. The summed E-state index contributed by atoms with van der Waals surface area (Å²) >= 11 is 0. The average molecular weight is 356 g/mol. The Balaban J connectivity index is 1.65. The van der Waals surface area contributed by atoms with Gasteiger partial charge in [-0.1, -0.05) is 19.3 Å². The summed E-state index contributed by atoms with van der Waals surface area (Å²) in [5.74, 6) is 0.392. The number of benzene rings is 1. The Morgan fingerprint density at radius 3 is 2.62 bits per heavy atom. The molecule has 26 heavy (non-hydrogen) atoms. The highest BCUT2D eigenvalue weighted by Crippen LogP contribution is 2.35. The maximum Gasteiger partial charge on any atom is 0.211 e. The molecular formula is C20H28N4O2. The lowest BCUT2D eigenvalue weighted by molar-refractivity contribution is -0.105. The van der Waals surface area contributed by atoms with E-state index in [1.807, 2.05) is 6.07 Å².